The molecule has 0 aliphatic rings. The van der Waals surface area contributed by atoms with E-state index in [4.69, 9.17) is 9.47 Å². The standard InChI is InChI=1S/C31H46O3/c1-3-5-7-9-11-13-15-27-17-21-29(22-18-27)25-33-31(32)34-26-30-23-19-28(20-24-30)16-14-12-10-8-6-4-2/h17-24H,3-16,25-26H2,1-2H3. The zero-order valence-electron chi connectivity index (χ0n) is 21.7. The Kier molecular flexibility index (Phi) is 14.9. The highest BCUT2D eigenvalue weighted by Crippen LogP contribution is 2.14. The van der Waals surface area contributed by atoms with Crippen LogP contribution in [0.4, 0.5) is 4.79 Å². The Morgan fingerprint density at radius 3 is 1.21 bits per heavy atom. The van der Waals surface area contributed by atoms with E-state index in [1.54, 1.807) is 0 Å². The largest absolute Gasteiger partial charge is 0.508 e. The van der Waals surface area contributed by atoms with Gasteiger partial charge >= 0.3 is 6.16 Å². The summed E-state index contributed by atoms with van der Waals surface area (Å²) in [5, 5.41) is 0. The summed E-state index contributed by atoms with van der Waals surface area (Å²) in [5.74, 6) is 0. The molecule has 0 unspecified atom stereocenters. The zero-order valence-corrected chi connectivity index (χ0v) is 21.7. The van der Waals surface area contributed by atoms with Crippen molar-refractivity contribution in [1.82, 2.24) is 0 Å². The van der Waals surface area contributed by atoms with Crippen LogP contribution in [-0.4, -0.2) is 6.16 Å². The molecule has 2 aromatic rings. The molecule has 0 heterocycles. The fourth-order valence-corrected chi connectivity index (χ4v) is 4.15. The first-order valence-electron chi connectivity index (χ1n) is 13.7. The van der Waals surface area contributed by atoms with Gasteiger partial charge in [0.25, 0.3) is 0 Å². The van der Waals surface area contributed by atoms with Crippen molar-refractivity contribution < 1.29 is 14.3 Å². The van der Waals surface area contributed by atoms with E-state index < -0.39 is 6.16 Å². The summed E-state index contributed by atoms with van der Waals surface area (Å²) >= 11 is 0. The van der Waals surface area contributed by atoms with Crippen LogP contribution in [0.2, 0.25) is 0 Å². The quantitative estimate of drug-likeness (QED) is 0.162. The smallest absolute Gasteiger partial charge is 0.429 e. The van der Waals surface area contributed by atoms with Gasteiger partial charge < -0.3 is 9.47 Å². The Bertz CT molecular complexity index is 699. The van der Waals surface area contributed by atoms with Crippen LogP contribution in [0.3, 0.4) is 0 Å². The molecule has 3 heteroatoms. The van der Waals surface area contributed by atoms with E-state index in [0.29, 0.717) is 0 Å². The number of ether oxygens (including phenoxy) is 2. The van der Waals surface area contributed by atoms with Gasteiger partial charge in [-0.3, -0.25) is 0 Å². The van der Waals surface area contributed by atoms with Crippen LogP contribution in [0.25, 0.3) is 0 Å². The van der Waals surface area contributed by atoms with Gasteiger partial charge in [0, 0.05) is 0 Å². The first kappa shape index (κ1) is 28.0. The van der Waals surface area contributed by atoms with Crippen molar-refractivity contribution in [2.24, 2.45) is 0 Å². The van der Waals surface area contributed by atoms with Crippen molar-refractivity contribution in [2.45, 2.75) is 117 Å². The molecule has 0 saturated carbocycles. The molecule has 188 valence electrons. The number of rotatable bonds is 18. The monoisotopic (exact) mass is 466 g/mol. The van der Waals surface area contributed by atoms with Crippen molar-refractivity contribution in [1.29, 1.82) is 0 Å². The zero-order chi connectivity index (χ0) is 24.3. The minimum Gasteiger partial charge on any atom is -0.429 e. The third kappa shape index (κ3) is 12.8. The summed E-state index contributed by atoms with van der Waals surface area (Å²) in [5.41, 5.74) is 4.67. The van der Waals surface area contributed by atoms with E-state index >= 15 is 0 Å². The second-order valence-corrected chi connectivity index (χ2v) is 9.50. The van der Waals surface area contributed by atoms with Crippen LogP contribution in [-0.2, 0) is 35.5 Å². The molecule has 0 aliphatic carbocycles. The van der Waals surface area contributed by atoms with Crippen molar-refractivity contribution in [3.8, 4) is 0 Å². The normalized spacial score (nSPS) is 10.9. The molecule has 2 rings (SSSR count). The van der Waals surface area contributed by atoms with Crippen molar-refractivity contribution in [3.05, 3.63) is 70.8 Å². The Morgan fingerprint density at radius 1 is 0.500 bits per heavy atom. The van der Waals surface area contributed by atoms with Gasteiger partial charge in [-0.1, -0.05) is 127 Å². The molecular weight excluding hydrogens is 420 g/mol. The van der Waals surface area contributed by atoms with Crippen molar-refractivity contribution in [3.63, 3.8) is 0 Å². The van der Waals surface area contributed by atoms with Gasteiger partial charge in [0.15, 0.2) is 0 Å². The SMILES string of the molecule is CCCCCCCCc1ccc(COC(=O)OCc2ccc(CCCCCCCC)cc2)cc1. The molecule has 0 amide bonds. The van der Waals surface area contributed by atoms with Crippen LogP contribution in [0.15, 0.2) is 48.5 Å². The Labute approximate surface area is 208 Å². The highest BCUT2D eigenvalue weighted by Gasteiger charge is 2.06. The number of carbonyl (C=O) groups excluding carboxylic acids is 1. The highest BCUT2D eigenvalue weighted by atomic mass is 16.7. The van der Waals surface area contributed by atoms with Gasteiger partial charge in [0.2, 0.25) is 0 Å². The predicted octanol–water partition coefficient (Wildman–Crippen LogP) is 9.35. The molecule has 2 aromatic carbocycles. The first-order chi connectivity index (χ1) is 16.7. The second kappa shape index (κ2) is 18.1. The lowest BCUT2D eigenvalue weighted by atomic mass is 10.0. The lowest BCUT2D eigenvalue weighted by Crippen LogP contribution is -2.07. The molecule has 0 bridgehead atoms. The number of benzene rings is 2. The average molecular weight is 467 g/mol. The summed E-state index contributed by atoms with van der Waals surface area (Å²) in [6.07, 6.45) is 17.4. The first-order valence-corrected chi connectivity index (χ1v) is 13.7. The molecular formula is C31H46O3. The maximum atomic E-state index is 12.0. The maximum absolute atomic E-state index is 12.0. The maximum Gasteiger partial charge on any atom is 0.508 e. The summed E-state index contributed by atoms with van der Waals surface area (Å²) in [6.45, 7) is 4.99. The third-order valence-corrected chi connectivity index (χ3v) is 6.40. The molecule has 0 aromatic heterocycles. The van der Waals surface area contributed by atoms with E-state index in [1.807, 2.05) is 24.3 Å². The van der Waals surface area contributed by atoms with E-state index in [1.165, 1.54) is 88.2 Å². The number of hydrogen-bond donors (Lipinski definition) is 0. The lowest BCUT2D eigenvalue weighted by molar-refractivity contribution is 0.0446. The predicted molar refractivity (Wildman–Crippen MR) is 142 cm³/mol. The Morgan fingerprint density at radius 2 is 0.824 bits per heavy atom. The fourth-order valence-electron chi connectivity index (χ4n) is 4.15. The highest BCUT2D eigenvalue weighted by molar-refractivity contribution is 5.60. The number of aryl methyl sites for hydroxylation is 2. The number of unbranched alkanes of at least 4 members (excludes halogenated alkanes) is 10. The number of carbonyl (C=O) groups is 1. The topological polar surface area (TPSA) is 35.5 Å². The fraction of sp³-hybridized carbons (Fsp3) is 0.581. The van der Waals surface area contributed by atoms with E-state index in [9.17, 15) is 4.79 Å². The molecule has 0 spiro atoms. The number of hydrogen-bond acceptors (Lipinski definition) is 3. The van der Waals surface area contributed by atoms with Crippen LogP contribution in [0, 0.1) is 0 Å². The van der Waals surface area contributed by atoms with Gasteiger partial charge in [-0.25, -0.2) is 4.79 Å². The molecule has 0 fully saturated rings. The van der Waals surface area contributed by atoms with Crippen LogP contribution in [0.1, 0.15) is 113 Å². The van der Waals surface area contributed by atoms with E-state index in [2.05, 4.69) is 38.1 Å². The Balaban J connectivity index is 1.57. The summed E-state index contributed by atoms with van der Waals surface area (Å²) in [7, 11) is 0. The minimum absolute atomic E-state index is 0.243. The van der Waals surface area contributed by atoms with Crippen molar-refractivity contribution >= 4 is 6.16 Å². The van der Waals surface area contributed by atoms with Gasteiger partial charge in [0.1, 0.15) is 13.2 Å². The summed E-state index contributed by atoms with van der Waals surface area (Å²) in [6, 6.07) is 16.7. The van der Waals surface area contributed by atoms with E-state index in [0.717, 1.165) is 24.0 Å². The molecule has 0 radical (unpaired) electrons. The molecule has 0 N–H and O–H groups in total. The van der Waals surface area contributed by atoms with Gasteiger partial charge in [-0.05, 0) is 47.9 Å². The molecule has 3 nitrogen and oxygen atoms in total. The van der Waals surface area contributed by atoms with Crippen molar-refractivity contribution in [2.75, 3.05) is 0 Å². The van der Waals surface area contributed by atoms with Gasteiger partial charge in [0.05, 0.1) is 0 Å². The molecule has 0 aliphatic heterocycles. The van der Waals surface area contributed by atoms with Gasteiger partial charge in [-0.15, -0.1) is 0 Å². The van der Waals surface area contributed by atoms with Crippen LogP contribution in [0.5, 0.6) is 0 Å². The second-order valence-electron chi connectivity index (χ2n) is 9.50. The Hall–Kier alpha value is -2.29. The van der Waals surface area contributed by atoms with Gasteiger partial charge in [-0.2, -0.15) is 0 Å². The lowest BCUT2D eigenvalue weighted by Gasteiger charge is -2.08. The minimum atomic E-state index is -0.618. The van der Waals surface area contributed by atoms with Crippen LogP contribution >= 0.6 is 0 Å². The average Bonchev–Trinajstić information content (AvgIpc) is 2.87. The molecule has 34 heavy (non-hydrogen) atoms. The molecule has 0 atom stereocenters. The summed E-state index contributed by atoms with van der Waals surface area (Å²) < 4.78 is 10.6. The molecule has 0 saturated heterocycles. The van der Waals surface area contributed by atoms with Crippen LogP contribution < -0.4 is 0 Å². The summed E-state index contributed by atoms with van der Waals surface area (Å²) in [4.78, 5) is 12.0. The van der Waals surface area contributed by atoms with E-state index in [-0.39, 0.29) is 13.2 Å². The third-order valence-electron chi connectivity index (χ3n) is 6.40.